The second-order valence-electron chi connectivity index (χ2n) is 5.83. The SMILES string of the molecule is c1ccc(C(CCNCCc2ncccn2)c2ccccc2)cc1. The van der Waals surface area contributed by atoms with Gasteiger partial charge in [0.2, 0.25) is 0 Å². The van der Waals surface area contributed by atoms with Gasteiger partial charge in [-0.05, 0) is 30.2 Å². The maximum atomic E-state index is 4.26. The summed E-state index contributed by atoms with van der Waals surface area (Å²) in [7, 11) is 0. The summed E-state index contributed by atoms with van der Waals surface area (Å²) in [6, 6.07) is 23.3. The van der Waals surface area contributed by atoms with Crippen molar-refractivity contribution in [3.05, 3.63) is 96.1 Å². The summed E-state index contributed by atoms with van der Waals surface area (Å²) in [5.74, 6) is 1.32. The average molecular weight is 317 g/mol. The van der Waals surface area contributed by atoms with Gasteiger partial charge in [-0.2, -0.15) is 0 Å². The Morgan fingerprint density at radius 1 is 0.708 bits per heavy atom. The molecule has 0 radical (unpaired) electrons. The van der Waals surface area contributed by atoms with Gasteiger partial charge in [0.1, 0.15) is 5.82 Å². The van der Waals surface area contributed by atoms with E-state index >= 15 is 0 Å². The molecule has 0 saturated carbocycles. The van der Waals surface area contributed by atoms with Crippen LogP contribution >= 0.6 is 0 Å². The van der Waals surface area contributed by atoms with E-state index in [1.54, 1.807) is 12.4 Å². The molecule has 122 valence electrons. The fraction of sp³-hybridized carbons (Fsp3) is 0.238. The fourth-order valence-electron chi connectivity index (χ4n) is 2.93. The monoisotopic (exact) mass is 317 g/mol. The second-order valence-corrected chi connectivity index (χ2v) is 5.83. The number of hydrogen-bond acceptors (Lipinski definition) is 3. The second kappa shape index (κ2) is 8.94. The summed E-state index contributed by atoms with van der Waals surface area (Å²) in [4.78, 5) is 8.51. The maximum absolute atomic E-state index is 4.26. The van der Waals surface area contributed by atoms with E-state index in [1.165, 1.54) is 11.1 Å². The van der Waals surface area contributed by atoms with Gasteiger partial charge in [-0.3, -0.25) is 0 Å². The molecule has 24 heavy (non-hydrogen) atoms. The van der Waals surface area contributed by atoms with Gasteiger partial charge >= 0.3 is 0 Å². The Morgan fingerprint density at radius 3 is 1.88 bits per heavy atom. The van der Waals surface area contributed by atoms with Crippen molar-refractivity contribution in [1.82, 2.24) is 15.3 Å². The van der Waals surface area contributed by atoms with E-state index in [0.29, 0.717) is 5.92 Å². The predicted octanol–water partition coefficient (Wildman–Crippen LogP) is 3.83. The molecule has 0 amide bonds. The van der Waals surface area contributed by atoms with Crippen LogP contribution in [-0.4, -0.2) is 23.1 Å². The molecule has 3 rings (SSSR count). The van der Waals surface area contributed by atoms with Crippen LogP contribution in [0.1, 0.15) is 29.3 Å². The van der Waals surface area contributed by atoms with Gasteiger partial charge in [0.05, 0.1) is 0 Å². The Kier molecular flexibility index (Phi) is 6.09. The summed E-state index contributed by atoms with van der Waals surface area (Å²) < 4.78 is 0. The smallest absolute Gasteiger partial charge is 0.129 e. The van der Waals surface area contributed by atoms with Crippen LogP contribution in [0.2, 0.25) is 0 Å². The molecule has 0 aliphatic heterocycles. The summed E-state index contributed by atoms with van der Waals surface area (Å²) >= 11 is 0. The van der Waals surface area contributed by atoms with Crippen LogP contribution < -0.4 is 5.32 Å². The van der Waals surface area contributed by atoms with Gasteiger partial charge < -0.3 is 5.32 Å². The van der Waals surface area contributed by atoms with E-state index < -0.39 is 0 Å². The minimum Gasteiger partial charge on any atom is -0.316 e. The minimum absolute atomic E-state index is 0.424. The highest BCUT2D eigenvalue weighted by atomic mass is 14.9. The number of hydrogen-bond donors (Lipinski definition) is 1. The third kappa shape index (κ3) is 4.74. The normalized spacial score (nSPS) is 10.9. The molecular formula is C21H23N3. The number of rotatable bonds is 8. The Labute approximate surface area is 143 Å². The summed E-state index contributed by atoms with van der Waals surface area (Å²) in [5, 5.41) is 3.52. The molecule has 0 fully saturated rings. The molecule has 3 nitrogen and oxygen atoms in total. The molecule has 1 aromatic heterocycles. The van der Waals surface area contributed by atoms with Gasteiger partial charge in [0, 0.05) is 31.3 Å². The summed E-state index contributed by atoms with van der Waals surface area (Å²) in [6.45, 7) is 1.88. The highest BCUT2D eigenvalue weighted by Gasteiger charge is 2.13. The molecule has 0 saturated heterocycles. The van der Waals surface area contributed by atoms with Gasteiger partial charge in [0.15, 0.2) is 0 Å². The van der Waals surface area contributed by atoms with Gasteiger partial charge in [-0.25, -0.2) is 9.97 Å². The van der Waals surface area contributed by atoms with Crippen molar-refractivity contribution < 1.29 is 0 Å². The molecule has 0 aliphatic carbocycles. The largest absolute Gasteiger partial charge is 0.316 e. The van der Waals surface area contributed by atoms with Crippen LogP contribution in [-0.2, 0) is 6.42 Å². The molecule has 0 unspecified atom stereocenters. The van der Waals surface area contributed by atoms with Crippen LogP contribution in [0.25, 0.3) is 0 Å². The van der Waals surface area contributed by atoms with Crippen LogP contribution in [0.3, 0.4) is 0 Å². The molecule has 0 bridgehead atoms. The number of nitrogens with one attached hydrogen (secondary N) is 1. The zero-order chi connectivity index (χ0) is 16.5. The molecule has 1 heterocycles. The third-order valence-corrected chi connectivity index (χ3v) is 4.16. The Balaban J connectivity index is 1.55. The first kappa shape index (κ1) is 16.3. The standard InChI is InChI=1S/C21H23N3/c1-3-8-18(9-4-1)20(19-10-5-2-6-11-19)12-16-22-17-13-21-23-14-7-15-24-21/h1-11,14-15,20,22H,12-13,16-17H2. The fourth-order valence-corrected chi connectivity index (χ4v) is 2.93. The molecule has 0 aliphatic rings. The first-order valence-corrected chi connectivity index (χ1v) is 8.50. The highest BCUT2D eigenvalue weighted by Crippen LogP contribution is 2.27. The minimum atomic E-state index is 0.424. The van der Waals surface area contributed by atoms with Gasteiger partial charge in [0.25, 0.3) is 0 Å². The molecular weight excluding hydrogens is 294 g/mol. The van der Waals surface area contributed by atoms with Gasteiger partial charge in [-0.1, -0.05) is 60.7 Å². The van der Waals surface area contributed by atoms with Crippen molar-refractivity contribution in [3.63, 3.8) is 0 Å². The van der Waals surface area contributed by atoms with Crippen LogP contribution in [0.15, 0.2) is 79.1 Å². The van der Waals surface area contributed by atoms with Crippen LogP contribution in [0.4, 0.5) is 0 Å². The average Bonchev–Trinajstić information content (AvgIpc) is 2.67. The quantitative estimate of drug-likeness (QED) is 0.642. The Hall–Kier alpha value is -2.52. The van der Waals surface area contributed by atoms with E-state index in [2.05, 4.69) is 75.9 Å². The van der Waals surface area contributed by atoms with Crippen molar-refractivity contribution >= 4 is 0 Å². The van der Waals surface area contributed by atoms with Crippen molar-refractivity contribution in [2.24, 2.45) is 0 Å². The maximum Gasteiger partial charge on any atom is 0.129 e. The van der Waals surface area contributed by atoms with E-state index in [0.717, 1.165) is 31.8 Å². The lowest BCUT2D eigenvalue weighted by molar-refractivity contribution is 0.605. The molecule has 2 aromatic carbocycles. The zero-order valence-electron chi connectivity index (χ0n) is 13.8. The Morgan fingerprint density at radius 2 is 1.29 bits per heavy atom. The third-order valence-electron chi connectivity index (χ3n) is 4.16. The lowest BCUT2D eigenvalue weighted by atomic mass is 9.88. The predicted molar refractivity (Wildman–Crippen MR) is 97.9 cm³/mol. The Bertz CT molecular complexity index is 659. The number of benzene rings is 2. The lowest BCUT2D eigenvalue weighted by Crippen LogP contribution is -2.21. The molecule has 1 N–H and O–H groups in total. The van der Waals surface area contributed by atoms with Crippen molar-refractivity contribution in [2.75, 3.05) is 13.1 Å². The number of aromatic nitrogens is 2. The summed E-state index contributed by atoms with van der Waals surface area (Å²) in [6.07, 6.45) is 5.53. The first-order chi connectivity index (χ1) is 11.9. The van der Waals surface area contributed by atoms with Crippen LogP contribution in [0.5, 0.6) is 0 Å². The van der Waals surface area contributed by atoms with Crippen LogP contribution in [0, 0.1) is 0 Å². The van der Waals surface area contributed by atoms with E-state index in [9.17, 15) is 0 Å². The zero-order valence-corrected chi connectivity index (χ0v) is 13.8. The van der Waals surface area contributed by atoms with Crippen molar-refractivity contribution in [1.29, 1.82) is 0 Å². The van der Waals surface area contributed by atoms with E-state index in [4.69, 9.17) is 0 Å². The molecule has 0 spiro atoms. The van der Waals surface area contributed by atoms with Crippen molar-refractivity contribution in [2.45, 2.75) is 18.8 Å². The van der Waals surface area contributed by atoms with Crippen molar-refractivity contribution in [3.8, 4) is 0 Å². The van der Waals surface area contributed by atoms with E-state index in [-0.39, 0.29) is 0 Å². The first-order valence-electron chi connectivity index (χ1n) is 8.50. The highest BCUT2D eigenvalue weighted by molar-refractivity contribution is 5.32. The van der Waals surface area contributed by atoms with E-state index in [1.807, 2.05) is 6.07 Å². The molecule has 3 aromatic rings. The summed E-state index contributed by atoms with van der Waals surface area (Å²) in [5.41, 5.74) is 2.74. The number of nitrogens with zero attached hydrogens (tertiary/aromatic N) is 2. The van der Waals surface area contributed by atoms with Gasteiger partial charge in [-0.15, -0.1) is 0 Å². The molecule has 3 heteroatoms. The topological polar surface area (TPSA) is 37.8 Å². The molecule has 0 atom stereocenters. The lowest BCUT2D eigenvalue weighted by Gasteiger charge is -2.18.